The minimum atomic E-state index is -0.173. The summed E-state index contributed by atoms with van der Waals surface area (Å²) in [7, 11) is 0. The Hall–Kier alpha value is -5.31. The molecule has 0 saturated carbocycles. The van der Waals surface area contributed by atoms with Crippen molar-refractivity contribution in [1.29, 1.82) is 5.26 Å². The second-order valence-corrected chi connectivity index (χ2v) is 7.28. The molecular formula is C28H16N2O5. The first-order valence-corrected chi connectivity index (χ1v) is 10.4. The van der Waals surface area contributed by atoms with Gasteiger partial charge in [0, 0.05) is 22.3 Å². The maximum Gasteiger partial charge on any atom is 0.292 e. The normalized spacial score (nSPS) is 9.91. The van der Waals surface area contributed by atoms with E-state index in [-0.39, 0.29) is 11.6 Å². The molecule has 168 valence electrons. The second-order valence-electron chi connectivity index (χ2n) is 7.28. The quantitative estimate of drug-likeness (QED) is 0.143. The molecule has 0 fully saturated rings. The van der Waals surface area contributed by atoms with Gasteiger partial charge in [-0.3, -0.25) is 9.59 Å². The Balaban J connectivity index is 1.40. The Kier molecular flexibility index (Phi) is 6.89. The average Bonchev–Trinajstić information content (AvgIpc) is 2.90. The van der Waals surface area contributed by atoms with Crippen LogP contribution in [-0.2, 0) is 4.79 Å². The van der Waals surface area contributed by atoms with E-state index in [0.717, 1.165) is 0 Å². The number of carbonyl (C=O) groups excluding carboxylic acids is 3. The van der Waals surface area contributed by atoms with Gasteiger partial charge < -0.3 is 9.47 Å². The van der Waals surface area contributed by atoms with Crippen LogP contribution in [0.1, 0.15) is 31.8 Å². The van der Waals surface area contributed by atoms with E-state index in [4.69, 9.17) is 14.7 Å². The van der Waals surface area contributed by atoms with Crippen LogP contribution < -0.4 is 9.47 Å². The van der Waals surface area contributed by atoms with Gasteiger partial charge in [-0.15, -0.1) is 5.26 Å². The van der Waals surface area contributed by atoms with Gasteiger partial charge in [-0.2, -0.15) is 4.99 Å². The van der Waals surface area contributed by atoms with Crippen LogP contribution >= 0.6 is 0 Å². The molecule has 0 heterocycles. The summed E-state index contributed by atoms with van der Waals surface area (Å²) in [6.45, 7) is 0. The molecule has 0 radical (unpaired) electrons. The fourth-order valence-electron chi connectivity index (χ4n) is 3.29. The average molecular weight is 460 g/mol. The summed E-state index contributed by atoms with van der Waals surface area (Å²) >= 11 is 0. The van der Waals surface area contributed by atoms with E-state index < -0.39 is 0 Å². The fraction of sp³-hybridized carbons (Fsp3) is 0. The van der Waals surface area contributed by atoms with E-state index >= 15 is 0 Å². The standard InChI is InChI=1S/C28H16N2O5/c29-17-34-24-11-3-20(4-12-24)28(33)22-7-15-26(16-8-22)35-25-13-5-21(6-14-25)27(32)19-1-9-23(10-2-19)30-18-31/h1-16H. The van der Waals surface area contributed by atoms with Crippen LogP contribution in [0.3, 0.4) is 0 Å². The van der Waals surface area contributed by atoms with Gasteiger partial charge in [-0.05, 0) is 97.1 Å². The Morgan fingerprint density at radius 2 is 0.971 bits per heavy atom. The highest BCUT2D eigenvalue weighted by atomic mass is 16.5. The van der Waals surface area contributed by atoms with E-state index in [1.54, 1.807) is 103 Å². The third-order valence-corrected chi connectivity index (χ3v) is 5.05. The number of aliphatic imine (C=N–C) groups is 1. The first-order chi connectivity index (χ1) is 17.1. The first-order valence-electron chi connectivity index (χ1n) is 10.4. The fourth-order valence-corrected chi connectivity index (χ4v) is 3.29. The summed E-state index contributed by atoms with van der Waals surface area (Å²) in [6.07, 6.45) is 3.04. The Morgan fingerprint density at radius 1 is 0.600 bits per heavy atom. The van der Waals surface area contributed by atoms with Crippen molar-refractivity contribution < 1.29 is 23.9 Å². The number of ether oxygens (including phenoxy) is 2. The van der Waals surface area contributed by atoms with Gasteiger partial charge in [0.05, 0.1) is 5.69 Å². The molecule has 7 heteroatoms. The molecule has 0 saturated heterocycles. The van der Waals surface area contributed by atoms with Crippen molar-refractivity contribution in [1.82, 2.24) is 0 Å². The third kappa shape index (κ3) is 5.55. The van der Waals surface area contributed by atoms with Crippen LogP contribution in [0.15, 0.2) is 102 Å². The van der Waals surface area contributed by atoms with E-state index in [1.807, 2.05) is 0 Å². The molecule has 0 aliphatic heterocycles. The summed E-state index contributed by atoms with van der Waals surface area (Å²) in [5, 5.41) is 8.54. The lowest BCUT2D eigenvalue weighted by Crippen LogP contribution is -2.01. The largest absolute Gasteiger partial charge is 0.457 e. The molecular weight excluding hydrogens is 444 g/mol. The van der Waals surface area contributed by atoms with Crippen LogP contribution in [0.5, 0.6) is 17.2 Å². The molecule has 0 amide bonds. The molecule has 7 nitrogen and oxygen atoms in total. The van der Waals surface area contributed by atoms with E-state index in [1.165, 1.54) is 6.08 Å². The maximum atomic E-state index is 12.7. The molecule has 0 N–H and O–H groups in total. The molecule has 0 spiro atoms. The summed E-state index contributed by atoms with van der Waals surface area (Å²) in [5.74, 6) is 1.08. The summed E-state index contributed by atoms with van der Waals surface area (Å²) < 4.78 is 10.5. The zero-order valence-electron chi connectivity index (χ0n) is 18.2. The van der Waals surface area contributed by atoms with E-state index in [9.17, 15) is 14.4 Å². The van der Waals surface area contributed by atoms with Crippen molar-refractivity contribution in [3.8, 4) is 23.5 Å². The number of rotatable bonds is 8. The number of benzene rings is 4. The lowest BCUT2D eigenvalue weighted by molar-refractivity contribution is 0.103. The van der Waals surface area contributed by atoms with Crippen molar-refractivity contribution in [3.63, 3.8) is 0 Å². The van der Waals surface area contributed by atoms with Gasteiger partial charge >= 0.3 is 0 Å². The summed E-state index contributed by atoms with van der Waals surface area (Å²) in [6, 6.07) is 26.0. The smallest absolute Gasteiger partial charge is 0.292 e. The minimum Gasteiger partial charge on any atom is -0.457 e. The molecule has 0 unspecified atom stereocenters. The molecule has 4 aromatic carbocycles. The monoisotopic (exact) mass is 460 g/mol. The van der Waals surface area contributed by atoms with Gasteiger partial charge in [0.25, 0.3) is 6.26 Å². The molecule has 0 atom stereocenters. The highest BCUT2D eigenvalue weighted by Gasteiger charge is 2.11. The molecule has 4 rings (SSSR count). The number of nitriles is 1. The Morgan fingerprint density at radius 3 is 1.34 bits per heavy atom. The summed E-state index contributed by atoms with van der Waals surface area (Å²) in [5.41, 5.74) is 2.33. The van der Waals surface area contributed by atoms with Crippen LogP contribution in [0.25, 0.3) is 0 Å². The maximum absolute atomic E-state index is 12.7. The molecule has 0 aliphatic rings. The third-order valence-electron chi connectivity index (χ3n) is 5.05. The number of isocyanates is 1. The lowest BCUT2D eigenvalue weighted by Gasteiger charge is -2.08. The molecule has 35 heavy (non-hydrogen) atoms. The van der Waals surface area contributed by atoms with Crippen LogP contribution in [0.2, 0.25) is 0 Å². The molecule has 0 aromatic heterocycles. The predicted molar refractivity (Wildman–Crippen MR) is 127 cm³/mol. The predicted octanol–water partition coefficient (Wildman–Crippen LogP) is 5.77. The van der Waals surface area contributed by atoms with Gasteiger partial charge in [-0.25, -0.2) is 4.79 Å². The van der Waals surface area contributed by atoms with E-state index in [2.05, 4.69) is 4.99 Å². The van der Waals surface area contributed by atoms with Crippen molar-refractivity contribution >= 4 is 23.3 Å². The van der Waals surface area contributed by atoms with Crippen LogP contribution in [0.4, 0.5) is 5.69 Å². The van der Waals surface area contributed by atoms with E-state index in [0.29, 0.717) is 45.2 Å². The van der Waals surface area contributed by atoms with Crippen molar-refractivity contribution in [2.24, 2.45) is 4.99 Å². The van der Waals surface area contributed by atoms with Crippen molar-refractivity contribution in [2.45, 2.75) is 0 Å². The minimum absolute atomic E-state index is 0.172. The molecule has 0 bridgehead atoms. The Bertz CT molecular complexity index is 1440. The number of hydrogen-bond acceptors (Lipinski definition) is 7. The number of nitrogens with zero attached hydrogens (tertiary/aromatic N) is 2. The van der Waals surface area contributed by atoms with Gasteiger partial charge in [-0.1, -0.05) is 0 Å². The first kappa shape index (κ1) is 22.9. The zero-order chi connectivity index (χ0) is 24.6. The highest BCUT2D eigenvalue weighted by Crippen LogP contribution is 2.24. The molecule has 4 aromatic rings. The highest BCUT2D eigenvalue weighted by molar-refractivity contribution is 6.09. The summed E-state index contributed by atoms with van der Waals surface area (Å²) in [4.78, 5) is 39.1. The molecule has 0 aliphatic carbocycles. The Labute approximate surface area is 200 Å². The number of hydrogen-bond donors (Lipinski definition) is 0. The second kappa shape index (κ2) is 10.5. The lowest BCUT2D eigenvalue weighted by atomic mass is 10.0. The topological polar surface area (TPSA) is 106 Å². The van der Waals surface area contributed by atoms with Crippen molar-refractivity contribution in [2.75, 3.05) is 0 Å². The number of carbonyl (C=O) groups is 2. The number of ketones is 2. The van der Waals surface area contributed by atoms with Crippen molar-refractivity contribution in [3.05, 3.63) is 119 Å². The van der Waals surface area contributed by atoms with Gasteiger partial charge in [0.15, 0.2) is 11.6 Å². The zero-order valence-corrected chi connectivity index (χ0v) is 18.2. The van der Waals surface area contributed by atoms with Crippen LogP contribution in [-0.4, -0.2) is 17.6 Å². The SMILES string of the molecule is N#COc1ccc(C(=O)c2ccc(Oc3ccc(C(=O)c4ccc(N=C=O)cc4)cc3)cc2)cc1. The van der Waals surface area contributed by atoms with Gasteiger partial charge in [0.1, 0.15) is 17.2 Å². The van der Waals surface area contributed by atoms with Crippen LogP contribution in [0, 0.1) is 11.5 Å². The van der Waals surface area contributed by atoms with Gasteiger partial charge in [0.2, 0.25) is 6.08 Å².